The first kappa shape index (κ1) is 55.2. The van der Waals surface area contributed by atoms with Gasteiger partial charge in [-0.15, -0.1) is 0 Å². The molecule has 0 aromatic rings. The van der Waals surface area contributed by atoms with Crippen LogP contribution in [0, 0.1) is 17.8 Å². The molecule has 0 aromatic heterocycles. The molecule has 17 heteroatoms. The predicted molar refractivity (Wildman–Crippen MR) is 240 cm³/mol. The zero-order valence-electron chi connectivity index (χ0n) is 41.1. The Bertz CT molecular complexity index is 1540. The number of ether oxygens (including phenoxy) is 9. The zero-order chi connectivity index (χ0) is 48.3. The number of allylic oxidation sites excluding steroid dienone is 2. The second-order valence-corrected chi connectivity index (χ2v) is 19.9. The molecule has 17 nitrogen and oxygen atoms in total. The summed E-state index contributed by atoms with van der Waals surface area (Å²) in [6, 6.07) is -0.506. The molecule has 374 valence electrons. The van der Waals surface area contributed by atoms with Gasteiger partial charge in [0.05, 0.1) is 49.1 Å². The van der Waals surface area contributed by atoms with Crippen LogP contribution in [0.3, 0.4) is 0 Å². The molecule has 4 rings (SSSR count). The summed E-state index contributed by atoms with van der Waals surface area (Å²) in [6.45, 7) is 14.7. The molecule has 19 atom stereocenters. The third-order valence-electron chi connectivity index (χ3n) is 13.2. The van der Waals surface area contributed by atoms with E-state index in [4.69, 9.17) is 42.6 Å². The van der Waals surface area contributed by atoms with E-state index in [1.807, 2.05) is 66.1 Å². The van der Waals surface area contributed by atoms with Crippen LogP contribution >= 0.6 is 0 Å². The van der Waals surface area contributed by atoms with E-state index in [0.717, 1.165) is 12.7 Å². The number of aliphatic hydroxyl groups excluding tert-OH is 2. The Morgan fingerprint density at radius 1 is 0.908 bits per heavy atom. The van der Waals surface area contributed by atoms with Gasteiger partial charge in [0, 0.05) is 38.8 Å². The third-order valence-corrected chi connectivity index (χ3v) is 13.2. The van der Waals surface area contributed by atoms with Gasteiger partial charge in [0.15, 0.2) is 25.0 Å². The monoisotopic (exact) mass is 927 g/mol. The largest absolute Gasteiger partial charge is 0.462 e. The molecule has 4 heterocycles. The van der Waals surface area contributed by atoms with Gasteiger partial charge in [-0.2, -0.15) is 0 Å². The molecule has 0 spiro atoms. The summed E-state index contributed by atoms with van der Waals surface area (Å²) < 4.78 is 56.3. The normalized spacial score (nSPS) is 42.7. The summed E-state index contributed by atoms with van der Waals surface area (Å²) in [5.74, 6) is -1.85. The number of hydrogen-bond acceptors (Lipinski definition) is 17. The Morgan fingerprint density at radius 2 is 1.60 bits per heavy atom. The van der Waals surface area contributed by atoms with Gasteiger partial charge in [-0.05, 0) is 99.8 Å². The Balaban J connectivity index is 1.63. The lowest BCUT2D eigenvalue weighted by Gasteiger charge is -2.50. The van der Waals surface area contributed by atoms with Crippen LogP contribution in [0.2, 0.25) is 0 Å². The van der Waals surface area contributed by atoms with Crippen LogP contribution < -0.4 is 0 Å². The van der Waals surface area contributed by atoms with E-state index in [-0.39, 0.29) is 43.2 Å². The number of methoxy groups -OCH3 is 1. The first-order valence-corrected chi connectivity index (χ1v) is 23.6. The van der Waals surface area contributed by atoms with Gasteiger partial charge in [-0.25, -0.2) is 0 Å². The summed E-state index contributed by atoms with van der Waals surface area (Å²) in [4.78, 5) is 42.3. The highest BCUT2D eigenvalue weighted by molar-refractivity contribution is 5.70. The third kappa shape index (κ3) is 15.6. The molecule has 3 fully saturated rings. The molecule has 4 aliphatic heterocycles. The molecule has 0 saturated carbocycles. The van der Waals surface area contributed by atoms with E-state index in [0.29, 0.717) is 19.3 Å². The van der Waals surface area contributed by atoms with Crippen LogP contribution in [0.25, 0.3) is 0 Å². The minimum Gasteiger partial charge on any atom is -0.462 e. The standard InChI is InChI=1S/C48H82N2O15/c1-27(2)23-37(53)63-46-32(7)60-40(26-48(46,8)56)64-43-31(6)61-47(42(55)41(43)50(11)12)65-44-33(21-22-51)24-28(3)36(62-39-20-19-34(49(9)10)30(5)59-39)18-16-14-15-17-29(4)58-38(54)25-35(52)45(44)57-13/h14-16,18,22,27-36,39-47,52,55-56H,17,19-21,23-26H2,1-13H3/b15-14+,18-16+/t28-,29-,30-,31-,32+,33+,34+,35-,36+,39+,40+,41-,42-,43-,44+,45?,46+,47+,48-/m1/s1. The number of esters is 2. The van der Waals surface area contributed by atoms with E-state index >= 15 is 0 Å². The fraction of sp³-hybridized carbons (Fsp3) is 0.854. The Labute approximate surface area is 387 Å². The maximum absolute atomic E-state index is 13.2. The van der Waals surface area contributed by atoms with Crippen molar-refractivity contribution in [1.82, 2.24) is 9.80 Å². The van der Waals surface area contributed by atoms with Crippen LogP contribution in [0.4, 0.5) is 0 Å². The number of nitrogens with zero attached hydrogens (tertiary/aromatic N) is 2. The number of carbonyl (C=O) groups is 3. The molecule has 0 aliphatic carbocycles. The molecular weight excluding hydrogens is 845 g/mol. The van der Waals surface area contributed by atoms with Gasteiger partial charge in [-0.3, -0.25) is 9.59 Å². The zero-order valence-corrected chi connectivity index (χ0v) is 41.1. The molecule has 0 bridgehead atoms. The van der Waals surface area contributed by atoms with Gasteiger partial charge in [-0.1, -0.05) is 45.1 Å². The van der Waals surface area contributed by atoms with Crippen molar-refractivity contribution in [3.05, 3.63) is 24.3 Å². The number of likely N-dealkylation sites (N-methyl/N-ethyl adjacent to an activating group) is 2. The van der Waals surface area contributed by atoms with E-state index in [2.05, 4.69) is 4.90 Å². The summed E-state index contributed by atoms with van der Waals surface area (Å²) in [5.41, 5.74) is -1.49. The number of rotatable bonds is 14. The number of aldehydes is 1. The molecule has 0 radical (unpaired) electrons. The van der Waals surface area contributed by atoms with Crippen molar-refractivity contribution < 1.29 is 72.3 Å². The van der Waals surface area contributed by atoms with Crippen LogP contribution in [0.5, 0.6) is 0 Å². The van der Waals surface area contributed by atoms with Crippen LogP contribution in [0.1, 0.15) is 107 Å². The van der Waals surface area contributed by atoms with Crippen molar-refractivity contribution in [2.75, 3.05) is 35.3 Å². The topological polar surface area (TPSA) is 201 Å². The first-order chi connectivity index (χ1) is 30.6. The van der Waals surface area contributed by atoms with Gasteiger partial charge in [0.1, 0.15) is 36.3 Å². The van der Waals surface area contributed by atoms with Gasteiger partial charge >= 0.3 is 11.9 Å². The van der Waals surface area contributed by atoms with Gasteiger partial charge in [0.25, 0.3) is 0 Å². The fourth-order valence-electron chi connectivity index (χ4n) is 9.84. The highest BCUT2D eigenvalue weighted by Crippen LogP contribution is 2.38. The lowest BCUT2D eigenvalue weighted by atomic mass is 9.82. The second-order valence-electron chi connectivity index (χ2n) is 19.9. The maximum Gasteiger partial charge on any atom is 0.308 e. The van der Waals surface area contributed by atoms with Crippen molar-refractivity contribution in [1.29, 1.82) is 0 Å². The van der Waals surface area contributed by atoms with Crippen LogP contribution in [-0.4, -0.2) is 182 Å². The average Bonchev–Trinajstić information content (AvgIpc) is 3.19. The number of aliphatic hydroxyl groups is 3. The fourth-order valence-corrected chi connectivity index (χ4v) is 9.84. The SMILES string of the molecule is COC1[C@H](O)CC(=O)O[C@H](C)C/C=C/C=C/[C@H](O[C@H]2CC[C@H](N(C)C)[C@@H](C)O2)[C@H](C)C[C@H](CC=O)[C@@H]1O[C@@H]1O[C@H](C)[C@@H](O[C@H]2C[C@@](C)(O)[C@@H](OC(=O)CC(C)C)[C@H](C)O2)[C@H](N(C)C)[C@H]1O. The lowest BCUT2D eigenvalue weighted by molar-refractivity contribution is -0.344. The molecular formula is C48H82N2O15. The maximum atomic E-state index is 13.2. The highest BCUT2D eigenvalue weighted by Gasteiger charge is 2.53. The quantitative estimate of drug-likeness (QED) is 0.167. The number of hydrogen-bond donors (Lipinski definition) is 3. The number of carbonyl (C=O) groups excluding carboxylic acids is 3. The summed E-state index contributed by atoms with van der Waals surface area (Å²) >= 11 is 0. The smallest absolute Gasteiger partial charge is 0.308 e. The predicted octanol–water partition coefficient (Wildman–Crippen LogP) is 3.92. The summed E-state index contributed by atoms with van der Waals surface area (Å²) in [6.07, 6.45) is -1.52. The minimum atomic E-state index is -1.49. The van der Waals surface area contributed by atoms with Gasteiger partial charge in [0.2, 0.25) is 0 Å². The van der Waals surface area contributed by atoms with E-state index in [1.165, 1.54) is 7.11 Å². The molecule has 0 aromatic carbocycles. The molecule has 4 aliphatic rings. The Hall–Kier alpha value is -2.39. The minimum absolute atomic E-state index is 0.0208. The Morgan fingerprint density at radius 3 is 2.20 bits per heavy atom. The molecule has 3 saturated heterocycles. The summed E-state index contributed by atoms with van der Waals surface area (Å²) in [5, 5.41) is 35.5. The second kappa shape index (κ2) is 25.3. The number of cyclic esters (lactones) is 1. The van der Waals surface area contributed by atoms with Crippen molar-refractivity contribution in [2.24, 2.45) is 17.8 Å². The van der Waals surface area contributed by atoms with Crippen molar-refractivity contribution in [3.8, 4) is 0 Å². The molecule has 1 unspecified atom stereocenters. The van der Waals surface area contributed by atoms with Gasteiger partial charge < -0.3 is 72.5 Å². The molecule has 65 heavy (non-hydrogen) atoms. The van der Waals surface area contributed by atoms with Crippen molar-refractivity contribution in [2.45, 2.75) is 210 Å². The first-order valence-electron chi connectivity index (χ1n) is 23.6. The van der Waals surface area contributed by atoms with E-state index in [1.54, 1.807) is 46.7 Å². The van der Waals surface area contributed by atoms with Crippen LogP contribution in [-0.2, 0) is 57.0 Å². The highest BCUT2D eigenvalue weighted by atomic mass is 16.7. The average molecular weight is 927 g/mol. The van der Waals surface area contributed by atoms with E-state index < -0.39 is 116 Å². The molecule has 3 N–H and O–H groups in total. The Kier molecular flexibility index (Phi) is 21.5. The van der Waals surface area contributed by atoms with Crippen molar-refractivity contribution >= 4 is 18.2 Å². The molecule has 0 amide bonds. The van der Waals surface area contributed by atoms with Crippen LogP contribution in [0.15, 0.2) is 24.3 Å². The van der Waals surface area contributed by atoms with E-state index in [9.17, 15) is 29.7 Å². The van der Waals surface area contributed by atoms with Crippen molar-refractivity contribution in [3.63, 3.8) is 0 Å². The summed E-state index contributed by atoms with van der Waals surface area (Å²) in [7, 11) is 9.03. The lowest BCUT2D eigenvalue weighted by Crippen LogP contribution is -2.66.